The fourth-order valence-corrected chi connectivity index (χ4v) is 1.87. The summed E-state index contributed by atoms with van der Waals surface area (Å²) in [5.74, 6) is -1.18. The minimum atomic E-state index is -0.650. The Kier molecular flexibility index (Phi) is 4.82. The third kappa shape index (κ3) is 3.72. The summed E-state index contributed by atoms with van der Waals surface area (Å²) in [6, 6.07) is 7.20. The molecule has 0 saturated carbocycles. The molecule has 2 amide bonds. The molecule has 0 bridgehead atoms. The minimum Gasteiger partial charge on any atom is -0.428 e. The van der Waals surface area contributed by atoms with Crippen molar-refractivity contribution in [1.29, 1.82) is 0 Å². The Morgan fingerprint density at radius 1 is 1.17 bits per heavy atom. The monoisotopic (exact) mass is 333 g/mol. The van der Waals surface area contributed by atoms with E-state index in [1.807, 2.05) is 39.8 Å². The fourth-order valence-electron chi connectivity index (χ4n) is 1.82. The number of amides is 2. The van der Waals surface area contributed by atoms with E-state index in [1.165, 1.54) is 5.01 Å². The zero-order chi connectivity index (χ0) is 17.4. The molecule has 5 nitrogen and oxygen atoms in total. The molecule has 0 spiro atoms. The Hall–Kier alpha value is -1.47. The molecule has 0 aromatic heterocycles. The first-order valence-electron chi connectivity index (χ1n) is 7.51. The number of hydrogen-bond donors (Lipinski definition) is 2. The van der Waals surface area contributed by atoms with E-state index in [4.69, 9.17) is 4.65 Å². The Morgan fingerprint density at radius 3 is 2.17 bits per heavy atom. The van der Waals surface area contributed by atoms with Gasteiger partial charge in [0.2, 0.25) is 0 Å². The fraction of sp³-hybridized carbons (Fsp3) is 0.500. The first-order chi connectivity index (χ1) is 10.5. The molecule has 1 radical (unpaired) electrons. The zero-order valence-electron chi connectivity index (χ0n) is 14.1. The highest BCUT2D eigenvalue weighted by Gasteiger charge is 2.37. The molecule has 1 fully saturated rings. The molecule has 1 unspecified atom stereocenters. The number of thiol groups is 1. The van der Waals surface area contributed by atoms with Gasteiger partial charge in [0.15, 0.2) is 0 Å². The van der Waals surface area contributed by atoms with Crippen molar-refractivity contribution in [1.82, 2.24) is 5.43 Å². The molecule has 2 rings (SSSR count). The van der Waals surface area contributed by atoms with Crippen molar-refractivity contribution in [3.05, 3.63) is 24.3 Å². The summed E-state index contributed by atoms with van der Waals surface area (Å²) in [7, 11) is 1.68. The second-order valence-electron chi connectivity index (χ2n) is 6.77. The summed E-state index contributed by atoms with van der Waals surface area (Å²) in [6.45, 7) is 9.54. The predicted molar refractivity (Wildman–Crippen MR) is 94.9 cm³/mol. The van der Waals surface area contributed by atoms with Crippen LogP contribution in [0.2, 0.25) is 0 Å². The summed E-state index contributed by atoms with van der Waals surface area (Å²) in [4.78, 5) is 23.5. The molecule has 1 atom stereocenters. The first-order valence-corrected chi connectivity index (χ1v) is 7.95. The molecule has 123 valence electrons. The van der Waals surface area contributed by atoms with Crippen LogP contribution in [0.25, 0.3) is 0 Å². The van der Waals surface area contributed by atoms with E-state index in [2.05, 4.69) is 18.1 Å². The van der Waals surface area contributed by atoms with Crippen LogP contribution in [-0.4, -0.2) is 29.6 Å². The SMILES string of the molecule is CC1C(=O)NN(c2ccc([B]OC(C)(C)C(C)(C)S)cc2)C1=O. The topological polar surface area (TPSA) is 58.6 Å². The Balaban J connectivity index is 2.04. The third-order valence-corrected chi connectivity index (χ3v) is 4.86. The van der Waals surface area contributed by atoms with E-state index in [-0.39, 0.29) is 16.6 Å². The van der Waals surface area contributed by atoms with Crippen molar-refractivity contribution in [2.75, 3.05) is 5.01 Å². The van der Waals surface area contributed by atoms with Crippen LogP contribution in [0.15, 0.2) is 24.3 Å². The zero-order valence-corrected chi connectivity index (χ0v) is 15.0. The maximum Gasteiger partial charge on any atom is 0.330 e. The van der Waals surface area contributed by atoms with Crippen LogP contribution in [0.1, 0.15) is 34.6 Å². The molecule has 1 aliphatic rings. The highest BCUT2D eigenvalue weighted by molar-refractivity contribution is 7.81. The van der Waals surface area contributed by atoms with Gasteiger partial charge >= 0.3 is 7.48 Å². The summed E-state index contributed by atoms with van der Waals surface area (Å²) >= 11 is 4.55. The van der Waals surface area contributed by atoms with Gasteiger partial charge in [0, 0.05) is 4.75 Å². The maximum absolute atomic E-state index is 12.0. The molecule has 7 heteroatoms. The lowest BCUT2D eigenvalue weighted by molar-refractivity contribution is -0.126. The van der Waals surface area contributed by atoms with E-state index in [0.717, 1.165) is 5.46 Å². The number of anilines is 1. The van der Waals surface area contributed by atoms with Gasteiger partial charge in [0.1, 0.15) is 5.92 Å². The standard InChI is InChI=1S/C16H22BN2O3S/c1-10-13(20)18-19(14(10)21)12-8-6-11(7-9-12)17-22-15(2,3)16(4,5)23/h6-10,23H,1-5H3,(H,18,20). The van der Waals surface area contributed by atoms with Crippen molar-refractivity contribution in [2.45, 2.75) is 45.0 Å². The number of rotatable bonds is 5. The summed E-state index contributed by atoms with van der Waals surface area (Å²) in [5.41, 5.74) is 3.61. The lowest BCUT2D eigenvalue weighted by atomic mass is 9.84. The molecule has 23 heavy (non-hydrogen) atoms. The molecular weight excluding hydrogens is 311 g/mol. The van der Waals surface area contributed by atoms with Gasteiger partial charge in [-0.05, 0) is 46.8 Å². The average molecular weight is 333 g/mol. The number of hydrazine groups is 1. The van der Waals surface area contributed by atoms with Crippen LogP contribution < -0.4 is 15.9 Å². The number of nitrogens with one attached hydrogen (secondary N) is 1. The van der Waals surface area contributed by atoms with Crippen molar-refractivity contribution in [2.24, 2.45) is 5.92 Å². The van der Waals surface area contributed by atoms with Crippen LogP contribution in [0, 0.1) is 5.92 Å². The normalized spacial score (nSPS) is 19.0. The minimum absolute atomic E-state index is 0.249. The van der Waals surface area contributed by atoms with Gasteiger partial charge in [0.05, 0.1) is 11.3 Å². The average Bonchev–Trinajstić information content (AvgIpc) is 2.72. The second-order valence-corrected chi connectivity index (χ2v) is 7.89. The molecule has 1 aliphatic heterocycles. The number of carbonyl (C=O) groups is 2. The van der Waals surface area contributed by atoms with E-state index < -0.39 is 11.5 Å². The van der Waals surface area contributed by atoms with Crippen molar-refractivity contribution in [3.63, 3.8) is 0 Å². The van der Waals surface area contributed by atoms with Crippen molar-refractivity contribution >= 4 is 43.1 Å². The van der Waals surface area contributed by atoms with E-state index in [9.17, 15) is 9.59 Å². The van der Waals surface area contributed by atoms with Crippen LogP contribution in [0.5, 0.6) is 0 Å². The maximum atomic E-state index is 12.0. The lowest BCUT2D eigenvalue weighted by Crippen LogP contribution is -2.45. The van der Waals surface area contributed by atoms with Gasteiger partial charge in [-0.3, -0.25) is 15.0 Å². The van der Waals surface area contributed by atoms with Crippen LogP contribution in [-0.2, 0) is 14.2 Å². The number of benzene rings is 1. The molecule has 1 aromatic carbocycles. The predicted octanol–water partition coefficient (Wildman–Crippen LogP) is 1.45. The number of hydrogen-bond acceptors (Lipinski definition) is 4. The van der Waals surface area contributed by atoms with Crippen molar-refractivity contribution in [3.8, 4) is 0 Å². The van der Waals surface area contributed by atoms with Gasteiger partial charge in [-0.15, -0.1) is 0 Å². The van der Waals surface area contributed by atoms with E-state index in [0.29, 0.717) is 5.69 Å². The Morgan fingerprint density at radius 2 is 1.74 bits per heavy atom. The van der Waals surface area contributed by atoms with Crippen LogP contribution in [0.4, 0.5) is 5.69 Å². The quantitative estimate of drug-likeness (QED) is 0.487. The molecule has 1 aromatic rings. The van der Waals surface area contributed by atoms with Crippen LogP contribution in [0.3, 0.4) is 0 Å². The van der Waals surface area contributed by atoms with Gasteiger partial charge in [-0.2, -0.15) is 12.6 Å². The Bertz CT molecular complexity index is 611. The summed E-state index contributed by atoms with van der Waals surface area (Å²) in [5, 5.41) is 1.28. The van der Waals surface area contributed by atoms with Gasteiger partial charge in [-0.25, -0.2) is 5.01 Å². The van der Waals surface area contributed by atoms with Crippen molar-refractivity contribution < 1.29 is 14.2 Å². The Labute approximate surface area is 143 Å². The number of nitrogens with zero attached hydrogens (tertiary/aromatic N) is 1. The smallest absolute Gasteiger partial charge is 0.330 e. The highest BCUT2D eigenvalue weighted by Crippen LogP contribution is 2.30. The van der Waals surface area contributed by atoms with Gasteiger partial charge < -0.3 is 4.65 Å². The third-order valence-electron chi connectivity index (χ3n) is 4.32. The van der Waals surface area contributed by atoms with Gasteiger partial charge in [-0.1, -0.05) is 17.6 Å². The van der Waals surface area contributed by atoms with E-state index in [1.54, 1.807) is 26.5 Å². The molecule has 1 heterocycles. The largest absolute Gasteiger partial charge is 0.428 e. The second kappa shape index (κ2) is 6.21. The summed E-state index contributed by atoms with van der Waals surface area (Å²) < 4.78 is 5.55. The molecule has 1 saturated heterocycles. The van der Waals surface area contributed by atoms with Gasteiger partial charge in [0.25, 0.3) is 11.8 Å². The molecular formula is C16H22BN2O3S. The number of carbonyl (C=O) groups excluding carboxylic acids is 2. The lowest BCUT2D eigenvalue weighted by Gasteiger charge is -2.38. The first kappa shape index (κ1) is 17.9. The molecule has 1 N–H and O–H groups in total. The highest BCUT2D eigenvalue weighted by atomic mass is 32.1. The van der Waals surface area contributed by atoms with E-state index >= 15 is 0 Å². The van der Waals surface area contributed by atoms with Crippen LogP contribution >= 0.6 is 12.6 Å². The summed E-state index contributed by atoms with van der Waals surface area (Å²) in [6.07, 6.45) is 0. The molecule has 0 aliphatic carbocycles.